The SMILES string of the molecule is COc1cn(C(C)C(=O)Nc2ccc(C(=O)OC(C)(C)C)cc2)c(=O)cc1-c1cc(Cl)ccc1N(O)O. The highest BCUT2D eigenvalue weighted by molar-refractivity contribution is 6.31. The fraction of sp³-hybridized carbons (Fsp3) is 0.269. The molecule has 1 amide bonds. The van der Waals surface area contributed by atoms with E-state index in [4.69, 9.17) is 21.1 Å². The summed E-state index contributed by atoms with van der Waals surface area (Å²) in [7, 11) is 1.38. The molecular weight excluding hydrogens is 502 g/mol. The molecule has 1 atom stereocenters. The fourth-order valence-electron chi connectivity index (χ4n) is 3.50. The highest BCUT2D eigenvalue weighted by Gasteiger charge is 2.22. The van der Waals surface area contributed by atoms with E-state index in [9.17, 15) is 24.8 Å². The monoisotopic (exact) mass is 529 g/mol. The van der Waals surface area contributed by atoms with Gasteiger partial charge in [0.15, 0.2) is 0 Å². The van der Waals surface area contributed by atoms with Gasteiger partial charge in [-0.2, -0.15) is 0 Å². The molecule has 11 heteroatoms. The predicted octanol–water partition coefficient (Wildman–Crippen LogP) is 4.92. The van der Waals surface area contributed by atoms with Gasteiger partial charge in [0, 0.05) is 27.9 Å². The maximum absolute atomic E-state index is 13.0. The molecule has 0 aliphatic heterocycles. The summed E-state index contributed by atoms with van der Waals surface area (Å²) < 4.78 is 11.9. The van der Waals surface area contributed by atoms with E-state index >= 15 is 0 Å². The van der Waals surface area contributed by atoms with Gasteiger partial charge in [0.25, 0.3) is 5.56 Å². The molecule has 0 fully saturated rings. The number of methoxy groups -OCH3 is 1. The zero-order chi connectivity index (χ0) is 27.5. The van der Waals surface area contributed by atoms with E-state index in [1.165, 1.54) is 54.3 Å². The highest BCUT2D eigenvalue weighted by atomic mass is 35.5. The Kier molecular flexibility index (Phi) is 8.27. The lowest BCUT2D eigenvalue weighted by atomic mass is 10.0. The third-order valence-electron chi connectivity index (χ3n) is 5.31. The molecule has 1 aromatic heterocycles. The van der Waals surface area contributed by atoms with Gasteiger partial charge in [-0.15, -0.1) is 5.23 Å². The zero-order valence-electron chi connectivity index (χ0n) is 21.0. The third-order valence-corrected chi connectivity index (χ3v) is 5.55. The Morgan fingerprint density at radius 3 is 2.27 bits per heavy atom. The summed E-state index contributed by atoms with van der Waals surface area (Å²) in [5, 5.41) is 22.1. The average Bonchev–Trinajstić information content (AvgIpc) is 2.82. The van der Waals surface area contributed by atoms with Crippen LogP contribution in [-0.4, -0.2) is 39.6 Å². The molecule has 3 N–H and O–H groups in total. The molecule has 3 rings (SSSR count). The minimum atomic E-state index is -0.938. The smallest absolute Gasteiger partial charge is 0.338 e. The first-order valence-electron chi connectivity index (χ1n) is 11.2. The summed E-state index contributed by atoms with van der Waals surface area (Å²) in [4.78, 5) is 38.1. The first-order chi connectivity index (χ1) is 17.3. The van der Waals surface area contributed by atoms with Gasteiger partial charge in [-0.25, -0.2) is 4.79 Å². The quantitative estimate of drug-likeness (QED) is 0.290. The van der Waals surface area contributed by atoms with Gasteiger partial charge in [-0.05, 0) is 70.2 Å². The lowest BCUT2D eigenvalue weighted by Crippen LogP contribution is -2.31. The van der Waals surface area contributed by atoms with E-state index in [2.05, 4.69) is 5.32 Å². The van der Waals surface area contributed by atoms with Crippen LogP contribution in [0, 0.1) is 0 Å². The molecule has 0 spiro atoms. The summed E-state index contributed by atoms with van der Waals surface area (Å²) in [5.74, 6) is -0.764. The van der Waals surface area contributed by atoms with Crippen molar-refractivity contribution < 1.29 is 29.5 Å². The number of aromatic nitrogens is 1. The van der Waals surface area contributed by atoms with Crippen molar-refractivity contribution in [1.29, 1.82) is 0 Å². The lowest BCUT2D eigenvalue weighted by Gasteiger charge is -2.20. The Hall–Kier alpha value is -3.86. The number of nitrogens with zero attached hydrogens (tertiary/aromatic N) is 2. The van der Waals surface area contributed by atoms with Crippen molar-refractivity contribution >= 4 is 34.9 Å². The van der Waals surface area contributed by atoms with E-state index in [0.717, 1.165) is 0 Å². The molecule has 3 aromatic rings. The largest absolute Gasteiger partial charge is 0.495 e. The minimum Gasteiger partial charge on any atom is -0.495 e. The first-order valence-corrected chi connectivity index (χ1v) is 11.6. The van der Waals surface area contributed by atoms with Crippen LogP contribution >= 0.6 is 11.6 Å². The van der Waals surface area contributed by atoms with Crippen molar-refractivity contribution in [3.63, 3.8) is 0 Å². The number of benzene rings is 2. The molecule has 1 heterocycles. The predicted molar refractivity (Wildman–Crippen MR) is 139 cm³/mol. The Morgan fingerprint density at radius 2 is 1.70 bits per heavy atom. The molecular formula is C26H28ClN3O7. The summed E-state index contributed by atoms with van der Waals surface area (Å²) in [6.07, 6.45) is 1.36. The normalized spacial score (nSPS) is 12.0. The molecule has 0 saturated heterocycles. The summed E-state index contributed by atoms with van der Waals surface area (Å²) >= 11 is 6.08. The maximum Gasteiger partial charge on any atom is 0.338 e. The van der Waals surface area contributed by atoms with Crippen LogP contribution in [0.1, 0.15) is 44.1 Å². The van der Waals surface area contributed by atoms with Crippen LogP contribution < -0.4 is 20.8 Å². The maximum atomic E-state index is 13.0. The third kappa shape index (κ3) is 6.67. The van der Waals surface area contributed by atoms with Crippen molar-refractivity contribution in [3.05, 3.63) is 75.7 Å². The number of anilines is 2. The van der Waals surface area contributed by atoms with Crippen LogP contribution in [0.25, 0.3) is 11.1 Å². The van der Waals surface area contributed by atoms with Gasteiger partial charge in [-0.3, -0.25) is 24.6 Å². The van der Waals surface area contributed by atoms with Crippen molar-refractivity contribution in [2.24, 2.45) is 0 Å². The molecule has 196 valence electrons. The van der Waals surface area contributed by atoms with Gasteiger partial charge in [0.2, 0.25) is 5.91 Å². The van der Waals surface area contributed by atoms with Crippen molar-refractivity contribution in [2.45, 2.75) is 39.3 Å². The Bertz CT molecular complexity index is 1360. The number of esters is 1. The van der Waals surface area contributed by atoms with Gasteiger partial charge in [0.1, 0.15) is 23.1 Å². The van der Waals surface area contributed by atoms with Crippen LogP contribution in [0.15, 0.2) is 59.5 Å². The first kappa shape index (κ1) is 27.7. The van der Waals surface area contributed by atoms with E-state index in [-0.39, 0.29) is 27.8 Å². The summed E-state index contributed by atoms with van der Waals surface area (Å²) in [5.41, 5.74) is 0.0540. The molecule has 0 aliphatic carbocycles. The topological polar surface area (TPSA) is 130 Å². The molecule has 0 saturated carbocycles. The molecule has 2 aromatic carbocycles. The van der Waals surface area contributed by atoms with E-state index in [0.29, 0.717) is 16.3 Å². The molecule has 10 nitrogen and oxygen atoms in total. The van der Waals surface area contributed by atoms with Crippen LogP contribution in [0.3, 0.4) is 0 Å². The van der Waals surface area contributed by atoms with Crippen LogP contribution in [0.4, 0.5) is 11.4 Å². The number of rotatable bonds is 7. The van der Waals surface area contributed by atoms with Crippen LogP contribution in [-0.2, 0) is 9.53 Å². The number of hydrogen-bond acceptors (Lipinski definition) is 8. The fourth-order valence-corrected chi connectivity index (χ4v) is 3.67. The van der Waals surface area contributed by atoms with Crippen LogP contribution in [0.5, 0.6) is 5.75 Å². The van der Waals surface area contributed by atoms with Crippen molar-refractivity contribution in [1.82, 2.24) is 4.57 Å². The van der Waals surface area contributed by atoms with Crippen LogP contribution in [0.2, 0.25) is 5.02 Å². The standard InChI is InChI=1S/C26H28ClN3O7/c1-15(24(32)28-18-9-6-16(7-10-18)25(33)37-26(2,3)4)29-14-22(36-5)20(13-23(29)31)19-12-17(27)8-11-21(19)30(34)35/h6-15,34-35H,1-5H3,(H,28,32). The number of pyridine rings is 1. The number of carbonyl (C=O) groups is 2. The zero-order valence-corrected chi connectivity index (χ0v) is 21.7. The van der Waals surface area contributed by atoms with Gasteiger partial charge in [0.05, 0.1) is 18.9 Å². The number of hydrogen-bond donors (Lipinski definition) is 3. The Morgan fingerprint density at radius 1 is 1.05 bits per heavy atom. The van der Waals surface area contributed by atoms with E-state index < -0.39 is 29.1 Å². The van der Waals surface area contributed by atoms with E-state index in [1.807, 2.05) is 0 Å². The number of halogens is 1. The molecule has 1 unspecified atom stereocenters. The average molecular weight is 530 g/mol. The van der Waals surface area contributed by atoms with E-state index in [1.54, 1.807) is 39.8 Å². The number of amides is 1. The number of carbonyl (C=O) groups excluding carboxylic acids is 2. The van der Waals surface area contributed by atoms with Gasteiger partial charge in [-0.1, -0.05) is 11.6 Å². The second kappa shape index (κ2) is 11.0. The van der Waals surface area contributed by atoms with Crippen molar-refractivity contribution in [2.75, 3.05) is 17.7 Å². The summed E-state index contributed by atoms with van der Waals surface area (Å²) in [6, 6.07) is 10.8. The highest BCUT2D eigenvalue weighted by Crippen LogP contribution is 2.37. The number of nitrogens with one attached hydrogen (secondary N) is 1. The van der Waals surface area contributed by atoms with Crippen molar-refractivity contribution in [3.8, 4) is 16.9 Å². The second-order valence-electron chi connectivity index (χ2n) is 9.20. The summed E-state index contributed by atoms with van der Waals surface area (Å²) in [6.45, 7) is 6.85. The van der Waals surface area contributed by atoms with Gasteiger partial charge < -0.3 is 14.8 Å². The molecule has 0 aliphatic rings. The van der Waals surface area contributed by atoms with Gasteiger partial charge >= 0.3 is 5.97 Å². The Balaban J connectivity index is 1.86. The molecule has 0 radical (unpaired) electrons. The minimum absolute atomic E-state index is 0.0273. The second-order valence-corrected chi connectivity index (χ2v) is 9.63. The lowest BCUT2D eigenvalue weighted by molar-refractivity contribution is -0.118. The molecule has 0 bridgehead atoms. The Labute approximate surface area is 218 Å². The number of ether oxygens (including phenoxy) is 2. The molecule has 37 heavy (non-hydrogen) atoms.